The van der Waals surface area contributed by atoms with Crippen molar-refractivity contribution in [3.8, 4) is 0 Å². The molecule has 0 aromatic heterocycles. The zero-order valence-electron chi connectivity index (χ0n) is 12.6. The maximum Gasteiger partial charge on any atom is 0.248 e. The Kier molecular flexibility index (Phi) is 4.61. The highest BCUT2D eigenvalue weighted by molar-refractivity contribution is 5.79. The molecule has 1 heterocycles. The van der Waals surface area contributed by atoms with E-state index in [4.69, 9.17) is 4.74 Å². The number of hydrogen-bond donors (Lipinski definition) is 0. The van der Waals surface area contributed by atoms with Crippen LogP contribution in [-0.2, 0) is 9.53 Å². The second-order valence-corrected chi connectivity index (χ2v) is 6.09. The zero-order valence-corrected chi connectivity index (χ0v) is 12.6. The van der Waals surface area contributed by atoms with Crippen LogP contribution in [0.25, 0.3) is 5.57 Å². The minimum Gasteiger partial charge on any atom is -0.366 e. The molecule has 1 aromatic carbocycles. The number of carbonyl (C=O) groups excluding carboxylic acids is 1. The van der Waals surface area contributed by atoms with E-state index in [9.17, 15) is 4.79 Å². The molecular weight excluding hydrogens is 250 g/mol. The van der Waals surface area contributed by atoms with Gasteiger partial charge in [-0.1, -0.05) is 36.4 Å². The Labute approximate surface area is 121 Å². The summed E-state index contributed by atoms with van der Waals surface area (Å²) in [6.07, 6.45) is 3.05. The van der Waals surface area contributed by atoms with E-state index in [1.54, 1.807) is 0 Å². The molecule has 20 heavy (non-hydrogen) atoms. The van der Waals surface area contributed by atoms with Crippen LogP contribution in [0.1, 0.15) is 32.8 Å². The third-order valence-corrected chi connectivity index (χ3v) is 3.34. The number of nitrogens with zero attached hydrogens (tertiary/aromatic N) is 1. The molecule has 3 nitrogen and oxygen atoms in total. The lowest BCUT2D eigenvalue weighted by Crippen LogP contribution is -2.38. The predicted molar refractivity (Wildman–Crippen MR) is 81.3 cm³/mol. The number of amides is 1. The summed E-state index contributed by atoms with van der Waals surface area (Å²) < 4.78 is 5.54. The summed E-state index contributed by atoms with van der Waals surface area (Å²) in [5.74, 6) is 0.0725. The summed E-state index contributed by atoms with van der Waals surface area (Å²) in [6.45, 7) is 7.50. The van der Waals surface area contributed by atoms with Crippen molar-refractivity contribution in [1.82, 2.24) is 4.90 Å². The first-order valence-corrected chi connectivity index (χ1v) is 7.12. The van der Waals surface area contributed by atoms with Crippen molar-refractivity contribution >= 4 is 11.5 Å². The van der Waals surface area contributed by atoms with Crippen LogP contribution in [0.15, 0.2) is 36.4 Å². The lowest BCUT2D eigenvalue weighted by molar-refractivity contribution is -0.140. The van der Waals surface area contributed by atoms with Gasteiger partial charge in [0.25, 0.3) is 0 Å². The third-order valence-electron chi connectivity index (χ3n) is 3.34. The quantitative estimate of drug-likeness (QED) is 0.847. The molecule has 0 saturated carbocycles. The minimum absolute atomic E-state index is 0.0725. The summed E-state index contributed by atoms with van der Waals surface area (Å²) in [4.78, 5) is 13.9. The Morgan fingerprint density at radius 2 is 1.95 bits per heavy atom. The predicted octanol–water partition coefficient (Wildman–Crippen LogP) is 3.12. The molecule has 1 amide bonds. The zero-order chi connectivity index (χ0) is 14.6. The van der Waals surface area contributed by atoms with Crippen molar-refractivity contribution in [3.63, 3.8) is 0 Å². The van der Waals surface area contributed by atoms with Gasteiger partial charge in [0.05, 0.1) is 5.60 Å². The van der Waals surface area contributed by atoms with Gasteiger partial charge in [0, 0.05) is 13.1 Å². The lowest BCUT2D eigenvalue weighted by Gasteiger charge is -2.28. The summed E-state index contributed by atoms with van der Waals surface area (Å²) in [7, 11) is 0. The Bertz CT molecular complexity index is 485. The topological polar surface area (TPSA) is 29.5 Å². The maximum atomic E-state index is 12.1. The molecule has 108 valence electrons. The van der Waals surface area contributed by atoms with Crippen molar-refractivity contribution in [1.29, 1.82) is 0 Å². The molecule has 0 radical (unpaired) electrons. The molecular formula is C17H23NO2. The summed E-state index contributed by atoms with van der Waals surface area (Å²) in [6, 6.07) is 10.3. The van der Waals surface area contributed by atoms with E-state index in [2.05, 4.69) is 18.2 Å². The number of rotatable bonds is 3. The summed E-state index contributed by atoms with van der Waals surface area (Å²) in [5.41, 5.74) is 2.31. The van der Waals surface area contributed by atoms with E-state index in [1.165, 1.54) is 11.1 Å². The van der Waals surface area contributed by atoms with E-state index >= 15 is 0 Å². The SMILES string of the molecule is CC(C)(C)OCC(=O)N1CC=C(c2ccccc2)CC1. The van der Waals surface area contributed by atoms with Crippen LogP contribution in [0.4, 0.5) is 0 Å². The maximum absolute atomic E-state index is 12.1. The second kappa shape index (κ2) is 6.23. The number of hydrogen-bond acceptors (Lipinski definition) is 2. The smallest absolute Gasteiger partial charge is 0.248 e. The average molecular weight is 273 g/mol. The largest absolute Gasteiger partial charge is 0.366 e. The van der Waals surface area contributed by atoms with E-state index in [-0.39, 0.29) is 18.1 Å². The van der Waals surface area contributed by atoms with Crippen LogP contribution in [-0.4, -0.2) is 36.1 Å². The molecule has 1 aliphatic rings. The van der Waals surface area contributed by atoms with Crippen LogP contribution in [0.3, 0.4) is 0 Å². The molecule has 0 atom stereocenters. The lowest BCUT2D eigenvalue weighted by atomic mass is 9.99. The average Bonchev–Trinajstić information content (AvgIpc) is 2.45. The fourth-order valence-corrected chi connectivity index (χ4v) is 2.18. The van der Waals surface area contributed by atoms with Gasteiger partial charge in [0.2, 0.25) is 5.91 Å². The first-order valence-electron chi connectivity index (χ1n) is 7.12. The number of carbonyl (C=O) groups is 1. The fourth-order valence-electron chi connectivity index (χ4n) is 2.18. The monoisotopic (exact) mass is 273 g/mol. The molecule has 0 saturated heterocycles. The summed E-state index contributed by atoms with van der Waals surface area (Å²) in [5, 5.41) is 0. The van der Waals surface area contributed by atoms with Crippen LogP contribution in [0.5, 0.6) is 0 Å². The summed E-state index contributed by atoms with van der Waals surface area (Å²) >= 11 is 0. The molecule has 2 rings (SSSR count). The number of ether oxygens (including phenoxy) is 1. The van der Waals surface area contributed by atoms with Gasteiger partial charge in [-0.2, -0.15) is 0 Å². The second-order valence-electron chi connectivity index (χ2n) is 6.09. The standard InChI is InChI=1S/C17H23NO2/c1-17(2,3)20-13-16(19)18-11-9-15(10-12-18)14-7-5-4-6-8-14/h4-9H,10-13H2,1-3H3. The number of benzene rings is 1. The molecule has 0 aliphatic carbocycles. The van der Waals surface area contributed by atoms with Crippen LogP contribution < -0.4 is 0 Å². The van der Waals surface area contributed by atoms with Crippen molar-refractivity contribution < 1.29 is 9.53 Å². The molecule has 0 fully saturated rings. The van der Waals surface area contributed by atoms with Gasteiger partial charge >= 0.3 is 0 Å². The molecule has 1 aromatic rings. The van der Waals surface area contributed by atoms with Gasteiger partial charge in [-0.15, -0.1) is 0 Å². The van der Waals surface area contributed by atoms with Gasteiger partial charge in [-0.3, -0.25) is 4.79 Å². The van der Waals surface area contributed by atoms with E-state index in [0.29, 0.717) is 6.54 Å². The molecule has 0 bridgehead atoms. The van der Waals surface area contributed by atoms with Gasteiger partial charge < -0.3 is 9.64 Å². The molecule has 3 heteroatoms. The van der Waals surface area contributed by atoms with Crippen molar-refractivity contribution in [3.05, 3.63) is 42.0 Å². The Morgan fingerprint density at radius 3 is 2.50 bits per heavy atom. The van der Waals surface area contributed by atoms with Gasteiger partial charge in [0.1, 0.15) is 6.61 Å². The van der Waals surface area contributed by atoms with Crippen LogP contribution in [0, 0.1) is 0 Å². The Balaban J connectivity index is 1.90. The minimum atomic E-state index is -0.267. The Morgan fingerprint density at radius 1 is 1.25 bits per heavy atom. The molecule has 1 aliphatic heterocycles. The van der Waals surface area contributed by atoms with Crippen molar-refractivity contribution in [2.24, 2.45) is 0 Å². The molecule has 0 unspecified atom stereocenters. The van der Waals surface area contributed by atoms with Crippen LogP contribution in [0.2, 0.25) is 0 Å². The van der Waals surface area contributed by atoms with Crippen LogP contribution >= 0.6 is 0 Å². The van der Waals surface area contributed by atoms with Gasteiger partial charge in [0.15, 0.2) is 0 Å². The Hall–Kier alpha value is -1.61. The van der Waals surface area contributed by atoms with Crippen molar-refractivity contribution in [2.75, 3.05) is 19.7 Å². The van der Waals surface area contributed by atoms with E-state index in [0.717, 1.165) is 13.0 Å². The highest BCUT2D eigenvalue weighted by atomic mass is 16.5. The van der Waals surface area contributed by atoms with E-state index < -0.39 is 0 Å². The fraction of sp³-hybridized carbons (Fsp3) is 0.471. The molecule has 0 spiro atoms. The molecule has 0 N–H and O–H groups in total. The van der Waals surface area contributed by atoms with E-state index in [1.807, 2.05) is 43.9 Å². The first-order chi connectivity index (χ1) is 9.46. The van der Waals surface area contributed by atoms with Gasteiger partial charge in [-0.05, 0) is 38.3 Å². The van der Waals surface area contributed by atoms with Crippen molar-refractivity contribution in [2.45, 2.75) is 32.8 Å². The highest BCUT2D eigenvalue weighted by Crippen LogP contribution is 2.22. The first kappa shape index (κ1) is 14.8. The normalized spacial score (nSPS) is 15.9. The van der Waals surface area contributed by atoms with Gasteiger partial charge in [-0.25, -0.2) is 0 Å². The third kappa shape index (κ3) is 4.20. The highest BCUT2D eigenvalue weighted by Gasteiger charge is 2.20.